The van der Waals surface area contributed by atoms with Gasteiger partial charge in [0.1, 0.15) is 5.54 Å². The van der Waals surface area contributed by atoms with Gasteiger partial charge in [0.25, 0.3) is 0 Å². The Bertz CT molecular complexity index is 577. The summed E-state index contributed by atoms with van der Waals surface area (Å²) in [4.78, 5) is 11.0. The summed E-state index contributed by atoms with van der Waals surface area (Å²) < 4.78 is 0. The Morgan fingerprint density at radius 2 is 2.21 bits per heavy atom. The molecule has 0 aliphatic carbocycles. The SMILES string of the molecule is C[C@](N)(Cc1ccc(C2=CC=CB2)cc1N)C(=O)O. The zero-order chi connectivity index (χ0) is 14.0. The molecule has 0 radical (unpaired) electrons. The van der Waals surface area contributed by atoms with Crippen LogP contribution in [0.4, 0.5) is 5.69 Å². The molecule has 0 saturated heterocycles. The topological polar surface area (TPSA) is 89.3 Å². The number of nitrogen functional groups attached to an aromatic ring is 1. The quantitative estimate of drug-likeness (QED) is 0.552. The lowest BCUT2D eigenvalue weighted by Gasteiger charge is -2.20. The van der Waals surface area contributed by atoms with Crippen LogP contribution < -0.4 is 11.5 Å². The monoisotopic (exact) mass is 256 g/mol. The molecule has 5 heteroatoms. The van der Waals surface area contributed by atoms with E-state index in [2.05, 4.69) is 12.1 Å². The number of anilines is 1. The largest absolute Gasteiger partial charge is 0.480 e. The minimum absolute atomic E-state index is 0.214. The Hall–Kier alpha value is -2.01. The van der Waals surface area contributed by atoms with Gasteiger partial charge in [-0.2, -0.15) is 0 Å². The van der Waals surface area contributed by atoms with Gasteiger partial charge in [0.05, 0.1) is 0 Å². The molecule has 19 heavy (non-hydrogen) atoms. The second kappa shape index (κ2) is 4.94. The Kier molecular flexibility index (Phi) is 3.49. The molecule has 1 aromatic carbocycles. The van der Waals surface area contributed by atoms with Gasteiger partial charge in [-0.3, -0.25) is 4.79 Å². The lowest BCUT2D eigenvalue weighted by molar-refractivity contribution is -0.142. The zero-order valence-electron chi connectivity index (χ0n) is 10.9. The van der Waals surface area contributed by atoms with E-state index in [0.717, 1.165) is 18.4 Å². The van der Waals surface area contributed by atoms with Crippen molar-refractivity contribution < 1.29 is 9.90 Å². The molecule has 1 aromatic rings. The van der Waals surface area contributed by atoms with Gasteiger partial charge in [-0.05, 0) is 24.1 Å². The summed E-state index contributed by atoms with van der Waals surface area (Å²) in [5, 5.41) is 9.04. The molecule has 4 nitrogen and oxygen atoms in total. The molecule has 0 spiro atoms. The molecule has 1 aliphatic rings. The Balaban J connectivity index is 2.23. The molecule has 0 unspecified atom stereocenters. The maximum atomic E-state index is 11.0. The molecule has 0 bridgehead atoms. The molecule has 2 rings (SSSR count). The predicted octanol–water partition coefficient (Wildman–Crippen LogP) is 0.918. The van der Waals surface area contributed by atoms with E-state index >= 15 is 0 Å². The fourth-order valence-electron chi connectivity index (χ4n) is 2.09. The van der Waals surface area contributed by atoms with Crippen molar-refractivity contribution in [2.45, 2.75) is 18.9 Å². The zero-order valence-corrected chi connectivity index (χ0v) is 10.9. The number of carbonyl (C=O) groups is 1. The highest BCUT2D eigenvalue weighted by Crippen LogP contribution is 2.24. The van der Waals surface area contributed by atoms with Crippen molar-refractivity contribution in [3.8, 4) is 0 Å². The molecule has 5 N–H and O–H groups in total. The first kappa shape index (κ1) is 13.4. The molecule has 0 amide bonds. The van der Waals surface area contributed by atoms with E-state index in [0.29, 0.717) is 5.69 Å². The number of rotatable bonds is 4. The molecule has 0 saturated carbocycles. The Morgan fingerprint density at radius 3 is 2.74 bits per heavy atom. The van der Waals surface area contributed by atoms with Crippen LogP contribution in [0.2, 0.25) is 0 Å². The van der Waals surface area contributed by atoms with E-state index in [1.165, 1.54) is 12.4 Å². The van der Waals surface area contributed by atoms with Crippen LogP contribution in [-0.2, 0) is 11.2 Å². The van der Waals surface area contributed by atoms with E-state index in [4.69, 9.17) is 16.6 Å². The van der Waals surface area contributed by atoms with Crippen molar-refractivity contribution in [2.24, 2.45) is 5.73 Å². The minimum atomic E-state index is -1.30. The first-order valence-corrected chi connectivity index (χ1v) is 6.17. The van der Waals surface area contributed by atoms with Crippen molar-refractivity contribution in [2.75, 3.05) is 5.73 Å². The number of carboxylic acids is 1. The highest BCUT2D eigenvalue weighted by molar-refractivity contribution is 6.67. The summed E-state index contributed by atoms with van der Waals surface area (Å²) in [5.74, 6) is 1.06. The number of hydrogen-bond donors (Lipinski definition) is 3. The fourth-order valence-corrected chi connectivity index (χ4v) is 2.09. The smallest absolute Gasteiger partial charge is 0.323 e. The molecule has 98 valence electrons. The highest BCUT2D eigenvalue weighted by atomic mass is 16.4. The van der Waals surface area contributed by atoms with Gasteiger partial charge in [-0.1, -0.05) is 29.8 Å². The molecule has 1 aliphatic heterocycles. The van der Waals surface area contributed by atoms with E-state index < -0.39 is 11.5 Å². The van der Waals surface area contributed by atoms with Crippen LogP contribution in [-0.4, -0.2) is 23.9 Å². The second-order valence-corrected chi connectivity index (χ2v) is 5.14. The van der Waals surface area contributed by atoms with Crippen LogP contribution in [0.3, 0.4) is 0 Å². The maximum absolute atomic E-state index is 11.0. The van der Waals surface area contributed by atoms with E-state index in [1.54, 1.807) is 0 Å². The van der Waals surface area contributed by atoms with Gasteiger partial charge in [0.2, 0.25) is 0 Å². The molecule has 1 atom stereocenters. The lowest BCUT2D eigenvalue weighted by Crippen LogP contribution is -2.46. The van der Waals surface area contributed by atoms with E-state index in [-0.39, 0.29) is 6.42 Å². The summed E-state index contributed by atoms with van der Waals surface area (Å²) in [7, 11) is 0.905. The number of aliphatic carboxylic acids is 1. The first-order valence-electron chi connectivity index (χ1n) is 6.17. The number of hydrogen-bond acceptors (Lipinski definition) is 3. The number of carboxylic acid groups (broad SMARTS) is 1. The normalized spacial score (nSPS) is 16.6. The third-order valence-electron chi connectivity index (χ3n) is 3.33. The molecule has 0 aromatic heterocycles. The fraction of sp³-hybridized carbons (Fsp3) is 0.214. The van der Waals surface area contributed by atoms with Gasteiger partial charge >= 0.3 is 5.97 Å². The number of allylic oxidation sites excluding steroid dienone is 2. The lowest BCUT2D eigenvalue weighted by atomic mass is 9.70. The van der Waals surface area contributed by atoms with Crippen LogP contribution in [0.1, 0.15) is 18.1 Å². The van der Waals surface area contributed by atoms with Crippen molar-refractivity contribution in [3.63, 3.8) is 0 Å². The third kappa shape index (κ3) is 2.88. The van der Waals surface area contributed by atoms with Crippen LogP contribution in [0.15, 0.2) is 36.3 Å². The van der Waals surface area contributed by atoms with Gasteiger partial charge in [0, 0.05) is 12.1 Å². The van der Waals surface area contributed by atoms with Crippen LogP contribution in [0.5, 0.6) is 0 Å². The van der Waals surface area contributed by atoms with E-state index in [1.807, 2.05) is 24.3 Å². The van der Waals surface area contributed by atoms with Crippen molar-refractivity contribution in [1.29, 1.82) is 0 Å². The summed E-state index contributed by atoms with van der Waals surface area (Å²) >= 11 is 0. The highest BCUT2D eigenvalue weighted by Gasteiger charge is 2.28. The average molecular weight is 256 g/mol. The minimum Gasteiger partial charge on any atom is -0.480 e. The maximum Gasteiger partial charge on any atom is 0.323 e. The molecular weight excluding hydrogens is 239 g/mol. The van der Waals surface area contributed by atoms with E-state index in [9.17, 15) is 4.79 Å². The Morgan fingerprint density at radius 1 is 1.47 bits per heavy atom. The van der Waals surface area contributed by atoms with Gasteiger partial charge in [-0.15, -0.1) is 5.98 Å². The summed E-state index contributed by atoms with van der Waals surface area (Å²) in [6.07, 6.45) is 4.28. The van der Waals surface area contributed by atoms with Crippen molar-refractivity contribution in [1.82, 2.24) is 0 Å². The average Bonchev–Trinajstić information content (AvgIpc) is 2.85. The van der Waals surface area contributed by atoms with Gasteiger partial charge in [0.15, 0.2) is 7.28 Å². The third-order valence-corrected chi connectivity index (χ3v) is 3.33. The van der Waals surface area contributed by atoms with Gasteiger partial charge < -0.3 is 16.6 Å². The number of benzene rings is 1. The summed E-state index contributed by atoms with van der Waals surface area (Å²) in [6.45, 7) is 1.49. The second-order valence-electron chi connectivity index (χ2n) is 5.14. The molecular formula is C14H17BN2O2. The molecule has 1 heterocycles. The molecule has 0 fully saturated rings. The van der Waals surface area contributed by atoms with Crippen LogP contribution in [0.25, 0.3) is 5.47 Å². The standard InChI is InChI=1S/C14H17BN2O2/c1-14(17,13(18)19)8-10-5-4-9(7-12(10)16)11-3-2-6-15-11/h2-7,15H,8,16-17H2,1H3,(H,18,19)/t14-/m0/s1. The van der Waals surface area contributed by atoms with Gasteiger partial charge in [-0.25, -0.2) is 0 Å². The van der Waals surface area contributed by atoms with Crippen LogP contribution >= 0.6 is 0 Å². The van der Waals surface area contributed by atoms with Crippen molar-refractivity contribution in [3.05, 3.63) is 47.5 Å². The summed E-state index contributed by atoms with van der Waals surface area (Å²) in [5.41, 5.74) is 14.1. The summed E-state index contributed by atoms with van der Waals surface area (Å²) in [6, 6.07) is 5.70. The van der Waals surface area contributed by atoms with Crippen LogP contribution in [0, 0.1) is 0 Å². The Labute approximate surface area is 113 Å². The first-order chi connectivity index (χ1) is 8.90. The van der Waals surface area contributed by atoms with Crippen molar-refractivity contribution >= 4 is 24.4 Å². The predicted molar refractivity (Wildman–Crippen MR) is 79.1 cm³/mol. The number of nitrogens with two attached hydrogens (primary N) is 2.